The maximum atomic E-state index is 10.3. The van der Waals surface area contributed by atoms with Crippen molar-refractivity contribution in [2.24, 2.45) is 0 Å². The van der Waals surface area contributed by atoms with E-state index in [0.29, 0.717) is 0 Å². The molecule has 3 aromatic carbocycles. The van der Waals surface area contributed by atoms with Crippen molar-refractivity contribution in [1.82, 2.24) is 0 Å². The molecule has 0 aliphatic rings. The smallest absolute Gasteiger partial charge is 0.744 e. The van der Waals surface area contributed by atoms with Crippen LogP contribution in [0.15, 0.2) is 101 Å². The fraction of sp³-hybridized carbons (Fsp3) is 0. The first kappa shape index (κ1) is 31.1. The van der Waals surface area contributed by atoms with Crippen LogP contribution in [-0.4, -0.2) is 25.9 Å². The summed E-state index contributed by atoms with van der Waals surface area (Å²) in [5, 5.41) is 1.24. The molecule has 0 saturated carbocycles. The molecule has 0 N–H and O–H groups in total. The monoisotopic (exact) mass is 470 g/mol. The zero-order valence-corrected chi connectivity index (χ0v) is 22.8. The molecule has 0 fully saturated rings. The largest absolute Gasteiger partial charge is 1.00 e. The van der Waals surface area contributed by atoms with E-state index in [2.05, 4.69) is 9.24 Å². The van der Waals surface area contributed by atoms with Gasteiger partial charge in [0.15, 0.2) is 0 Å². The Bertz CT molecular complexity index is 950. The Balaban J connectivity index is 0. The molecule has 0 aliphatic carbocycles. The topological polar surface area (TPSA) is 114 Å². The van der Waals surface area contributed by atoms with E-state index >= 15 is 0 Å². The van der Waals surface area contributed by atoms with Crippen molar-refractivity contribution >= 4 is 34.8 Å². The van der Waals surface area contributed by atoms with Gasteiger partial charge in [-0.05, 0) is 29.6 Å². The molecule has 0 bridgehead atoms. The van der Waals surface area contributed by atoms with Crippen molar-refractivity contribution in [3.63, 3.8) is 0 Å². The summed E-state index contributed by atoms with van der Waals surface area (Å²) in [6.07, 6.45) is 0. The minimum Gasteiger partial charge on any atom is -0.744 e. The molecule has 0 spiro atoms. The van der Waals surface area contributed by atoms with Crippen molar-refractivity contribution in [3.05, 3.63) is 91.0 Å². The zero-order valence-electron chi connectivity index (χ0n) is 16.0. The van der Waals surface area contributed by atoms with E-state index < -0.39 is 20.2 Å². The molecular weight excluding hydrogens is 453 g/mol. The molecule has 0 saturated heterocycles. The third kappa shape index (κ3) is 14.5. The molecule has 0 heterocycles. The molecule has 0 amide bonds. The van der Waals surface area contributed by atoms with Gasteiger partial charge in [0, 0.05) is 0 Å². The number of hydrogen-bond acceptors (Lipinski definition) is 6. The average Bonchev–Trinajstić information content (AvgIpc) is 2.64. The zero-order chi connectivity index (χ0) is 20.3. The molecule has 11 heteroatoms. The summed E-state index contributed by atoms with van der Waals surface area (Å²) in [6, 6.07) is 24.5. The van der Waals surface area contributed by atoms with Crippen LogP contribution in [0.1, 0.15) is 0 Å². The van der Waals surface area contributed by atoms with Gasteiger partial charge in [-0.3, -0.25) is 0 Å². The van der Waals surface area contributed by atoms with Crippen molar-refractivity contribution in [3.8, 4) is 0 Å². The molecule has 0 aromatic heterocycles. The molecule has 3 aromatic rings. The van der Waals surface area contributed by atoms with Crippen molar-refractivity contribution in [2.45, 2.75) is 9.79 Å². The van der Waals surface area contributed by atoms with Gasteiger partial charge < -0.3 is 9.11 Å². The summed E-state index contributed by atoms with van der Waals surface area (Å²) in [6.45, 7) is 0. The quantitative estimate of drug-likeness (QED) is 0.217. The maximum absolute atomic E-state index is 10.3. The normalized spacial score (nSPS) is 9.90. The van der Waals surface area contributed by atoms with Crippen LogP contribution in [0.2, 0.25) is 0 Å². The van der Waals surface area contributed by atoms with Crippen molar-refractivity contribution < 1.29 is 85.1 Å². The van der Waals surface area contributed by atoms with Crippen LogP contribution in [0.4, 0.5) is 0 Å². The van der Waals surface area contributed by atoms with Crippen molar-refractivity contribution in [2.75, 3.05) is 0 Å². The molecule has 1 atom stereocenters. The van der Waals surface area contributed by atoms with E-state index in [0.717, 1.165) is 0 Å². The van der Waals surface area contributed by atoms with E-state index in [1.807, 2.05) is 30.3 Å². The minimum absolute atomic E-state index is 0. The van der Waals surface area contributed by atoms with Crippen molar-refractivity contribution in [1.29, 1.82) is 0 Å². The number of benzene rings is 3. The Morgan fingerprint density at radius 2 is 0.759 bits per heavy atom. The van der Waals surface area contributed by atoms with Crippen LogP contribution in [-0.2, 0) is 20.2 Å². The molecule has 0 radical (unpaired) electrons. The summed E-state index contributed by atoms with van der Waals surface area (Å²) in [5.41, 5.74) is 0. The van der Waals surface area contributed by atoms with Gasteiger partial charge in [0.1, 0.15) is 20.2 Å². The first-order valence-corrected chi connectivity index (χ1v) is 10.8. The SMILES string of the molecule is O=S(=O)([O-])c1ccccc1.O=S(=O)([O-])c1ccccc1.Pc1ccccc1.[Na+].[Na+]. The molecule has 0 aliphatic heterocycles. The summed E-state index contributed by atoms with van der Waals surface area (Å²) < 4.78 is 61.7. The Kier molecular flexibility index (Phi) is 16.8. The van der Waals surface area contributed by atoms with Gasteiger partial charge in [0.05, 0.1) is 9.79 Å². The van der Waals surface area contributed by atoms with E-state index in [1.165, 1.54) is 53.8 Å². The molecule has 1 unspecified atom stereocenters. The van der Waals surface area contributed by atoms with Gasteiger partial charge in [0.25, 0.3) is 0 Å². The Morgan fingerprint density at radius 1 is 0.517 bits per heavy atom. The predicted molar refractivity (Wildman–Crippen MR) is 105 cm³/mol. The van der Waals surface area contributed by atoms with Gasteiger partial charge in [-0.1, -0.05) is 66.7 Å². The summed E-state index contributed by atoms with van der Waals surface area (Å²) in [5.74, 6) is 0. The summed E-state index contributed by atoms with van der Waals surface area (Å²) >= 11 is 0. The van der Waals surface area contributed by atoms with E-state index in [-0.39, 0.29) is 68.9 Å². The second-order valence-corrected chi connectivity index (χ2v) is 8.37. The summed E-state index contributed by atoms with van der Waals surface area (Å²) in [4.78, 5) is -0.370. The summed E-state index contributed by atoms with van der Waals surface area (Å²) in [7, 11) is -5.88. The number of hydrogen-bond donors (Lipinski definition) is 0. The van der Waals surface area contributed by atoms with E-state index in [9.17, 15) is 25.9 Å². The van der Waals surface area contributed by atoms with Crippen LogP contribution < -0.4 is 64.4 Å². The second-order valence-electron chi connectivity index (χ2n) is 4.95. The maximum Gasteiger partial charge on any atom is 1.00 e. The first-order chi connectivity index (χ1) is 12.6. The van der Waals surface area contributed by atoms with Crippen LogP contribution in [0.25, 0.3) is 0 Å². The third-order valence-corrected chi connectivity index (χ3v) is 4.95. The molecule has 144 valence electrons. The predicted octanol–water partition coefficient (Wildman–Crippen LogP) is -3.62. The Hall–Kier alpha value is -0.0900. The molecular formula is C18H17Na2O6PS2. The number of rotatable bonds is 2. The molecule has 3 rings (SSSR count). The second kappa shape index (κ2) is 15.7. The van der Waals surface area contributed by atoms with Gasteiger partial charge in [-0.25, -0.2) is 16.8 Å². The standard InChI is InChI=1S/2C6H6O3S.C6H7P.2Na/c2*7-10(8,9)6-4-2-1-3-5-6;7-6-4-2-1-3-5-6;;/h2*1-5H,(H,7,8,9);1-5H,7H2;;/q;;;2*+1/p-2. The first-order valence-electron chi connectivity index (χ1n) is 7.43. The van der Waals surface area contributed by atoms with Crippen LogP contribution in [0.3, 0.4) is 0 Å². The van der Waals surface area contributed by atoms with Gasteiger partial charge in [-0.2, -0.15) is 0 Å². The Morgan fingerprint density at radius 3 is 0.897 bits per heavy atom. The fourth-order valence-electron chi connectivity index (χ4n) is 1.63. The van der Waals surface area contributed by atoms with Crippen LogP contribution >= 0.6 is 9.24 Å². The molecule has 29 heavy (non-hydrogen) atoms. The minimum atomic E-state index is -4.25. The van der Waals surface area contributed by atoms with Gasteiger partial charge in [-0.15, -0.1) is 9.24 Å². The van der Waals surface area contributed by atoms with E-state index in [4.69, 9.17) is 0 Å². The van der Waals surface area contributed by atoms with Crippen LogP contribution in [0, 0.1) is 0 Å². The fourth-order valence-corrected chi connectivity index (χ4v) is 2.83. The van der Waals surface area contributed by atoms with Crippen LogP contribution in [0.5, 0.6) is 0 Å². The van der Waals surface area contributed by atoms with E-state index in [1.54, 1.807) is 12.1 Å². The molecule has 6 nitrogen and oxygen atoms in total. The third-order valence-electron chi connectivity index (χ3n) is 2.86. The average molecular weight is 470 g/mol. The van der Waals surface area contributed by atoms with Gasteiger partial charge in [0.2, 0.25) is 0 Å². The van der Waals surface area contributed by atoms with Gasteiger partial charge >= 0.3 is 59.1 Å². The Labute approximate surface area is 218 Å².